The Hall–Kier alpha value is -3.48. The number of aryl methyl sites for hydroxylation is 1. The topological polar surface area (TPSA) is 77.0 Å². The second-order valence-corrected chi connectivity index (χ2v) is 6.76. The third kappa shape index (κ3) is 2.68. The number of hydrogen-bond acceptors (Lipinski definition) is 5. The number of rotatable bonds is 3. The van der Waals surface area contributed by atoms with Gasteiger partial charge in [-0.1, -0.05) is 23.4 Å². The van der Waals surface area contributed by atoms with E-state index in [9.17, 15) is 4.79 Å². The number of imidazole rings is 1. The minimum atomic E-state index is -0.0995. The van der Waals surface area contributed by atoms with Crippen molar-refractivity contribution >= 4 is 22.6 Å². The van der Waals surface area contributed by atoms with Gasteiger partial charge in [-0.15, -0.1) is 0 Å². The van der Waals surface area contributed by atoms with Crippen LogP contribution in [0, 0.1) is 0 Å². The Labute approximate surface area is 155 Å². The van der Waals surface area contributed by atoms with Gasteiger partial charge in [-0.2, -0.15) is 4.98 Å². The molecule has 27 heavy (non-hydrogen) atoms. The van der Waals surface area contributed by atoms with E-state index in [4.69, 9.17) is 4.52 Å². The lowest BCUT2D eigenvalue weighted by Gasteiger charge is -2.15. The Morgan fingerprint density at radius 1 is 1.15 bits per heavy atom. The third-order valence-electron chi connectivity index (χ3n) is 4.97. The van der Waals surface area contributed by atoms with Gasteiger partial charge in [0.1, 0.15) is 0 Å². The maximum absolute atomic E-state index is 12.4. The summed E-state index contributed by atoms with van der Waals surface area (Å²) >= 11 is 0. The number of fused-ring (bicyclic) bond motifs is 1. The van der Waals surface area contributed by atoms with Gasteiger partial charge in [0, 0.05) is 31.3 Å². The summed E-state index contributed by atoms with van der Waals surface area (Å²) in [6.45, 7) is 0.545. The van der Waals surface area contributed by atoms with E-state index in [-0.39, 0.29) is 11.8 Å². The van der Waals surface area contributed by atoms with E-state index in [1.54, 1.807) is 11.2 Å². The summed E-state index contributed by atoms with van der Waals surface area (Å²) in [7, 11) is 1.96. The fourth-order valence-corrected chi connectivity index (χ4v) is 3.52. The van der Waals surface area contributed by atoms with Gasteiger partial charge in [-0.05, 0) is 30.3 Å². The van der Waals surface area contributed by atoms with Crippen LogP contribution in [0.1, 0.15) is 18.2 Å². The fraction of sp³-hybridized carbons (Fsp3) is 0.200. The van der Waals surface area contributed by atoms with Gasteiger partial charge in [0.25, 0.3) is 0 Å². The molecule has 134 valence electrons. The van der Waals surface area contributed by atoms with E-state index in [0.717, 1.165) is 22.3 Å². The quantitative estimate of drug-likeness (QED) is 0.562. The smallest absolute Gasteiger partial charge is 0.232 e. The van der Waals surface area contributed by atoms with E-state index in [1.165, 1.54) is 0 Å². The summed E-state index contributed by atoms with van der Waals surface area (Å²) < 4.78 is 7.45. The van der Waals surface area contributed by atoms with Crippen LogP contribution in [0.4, 0.5) is 5.69 Å². The Morgan fingerprint density at radius 2 is 2.00 bits per heavy atom. The first-order valence-corrected chi connectivity index (χ1v) is 8.79. The van der Waals surface area contributed by atoms with Crippen molar-refractivity contribution in [3.63, 3.8) is 0 Å². The van der Waals surface area contributed by atoms with Crippen molar-refractivity contribution in [2.45, 2.75) is 12.3 Å². The minimum absolute atomic E-state index is 0.0702. The molecule has 0 unspecified atom stereocenters. The molecule has 1 aliphatic rings. The molecule has 4 aromatic rings. The van der Waals surface area contributed by atoms with Gasteiger partial charge in [0.2, 0.25) is 17.6 Å². The highest BCUT2D eigenvalue weighted by Gasteiger charge is 2.35. The molecule has 3 heterocycles. The van der Waals surface area contributed by atoms with Crippen LogP contribution >= 0.6 is 0 Å². The Bertz CT molecular complexity index is 1130. The molecule has 0 saturated carbocycles. The lowest BCUT2D eigenvalue weighted by molar-refractivity contribution is -0.117. The van der Waals surface area contributed by atoms with Crippen molar-refractivity contribution < 1.29 is 9.32 Å². The van der Waals surface area contributed by atoms with Crippen LogP contribution in [0.15, 0.2) is 59.4 Å². The van der Waals surface area contributed by atoms with E-state index >= 15 is 0 Å². The predicted molar refractivity (Wildman–Crippen MR) is 100 cm³/mol. The molecule has 1 saturated heterocycles. The minimum Gasteiger partial charge on any atom is -0.339 e. The van der Waals surface area contributed by atoms with E-state index in [2.05, 4.69) is 15.1 Å². The molecular formula is C20H17N5O2. The number of carbonyl (C=O) groups excluding carboxylic acids is 1. The highest BCUT2D eigenvalue weighted by molar-refractivity contribution is 5.96. The van der Waals surface area contributed by atoms with Crippen LogP contribution in [0.2, 0.25) is 0 Å². The second-order valence-electron chi connectivity index (χ2n) is 6.76. The molecule has 1 amide bonds. The number of aromatic nitrogens is 4. The van der Waals surface area contributed by atoms with Crippen molar-refractivity contribution in [3.05, 3.63) is 60.7 Å². The number of para-hydroxylation sites is 1. The molecule has 2 aromatic carbocycles. The van der Waals surface area contributed by atoms with Crippen LogP contribution in [0.5, 0.6) is 0 Å². The first kappa shape index (κ1) is 15.7. The Kier molecular flexibility index (Phi) is 3.53. The summed E-state index contributed by atoms with van der Waals surface area (Å²) in [5.74, 6) is 0.986. The molecule has 0 radical (unpaired) electrons. The molecule has 1 aliphatic heterocycles. The average molecular weight is 359 g/mol. The number of carbonyl (C=O) groups is 1. The van der Waals surface area contributed by atoms with Gasteiger partial charge in [-0.3, -0.25) is 4.79 Å². The third-order valence-corrected chi connectivity index (χ3v) is 4.97. The van der Waals surface area contributed by atoms with Crippen molar-refractivity contribution in [1.29, 1.82) is 0 Å². The predicted octanol–water partition coefficient (Wildman–Crippen LogP) is 3.14. The van der Waals surface area contributed by atoms with Crippen molar-refractivity contribution in [2.75, 3.05) is 11.4 Å². The maximum atomic E-state index is 12.4. The Morgan fingerprint density at radius 3 is 2.85 bits per heavy atom. The first-order valence-electron chi connectivity index (χ1n) is 8.79. The average Bonchev–Trinajstić information content (AvgIpc) is 3.41. The molecule has 5 rings (SSSR count). The molecule has 7 heteroatoms. The zero-order valence-corrected chi connectivity index (χ0v) is 14.7. The van der Waals surface area contributed by atoms with Gasteiger partial charge >= 0.3 is 0 Å². The number of anilines is 1. The molecule has 1 atom stereocenters. The normalized spacial score (nSPS) is 17.1. The van der Waals surface area contributed by atoms with Crippen molar-refractivity contribution in [2.24, 2.45) is 7.05 Å². The molecular weight excluding hydrogens is 342 g/mol. The number of hydrogen-bond donors (Lipinski definition) is 0. The summed E-state index contributed by atoms with van der Waals surface area (Å²) in [6, 6.07) is 15.5. The fourth-order valence-electron chi connectivity index (χ4n) is 3.52. The summed E-state index contributed by atoms with van der Waals surface area (Å²) in [4.78, 5) is 23.1. The van der Waals surface area contributed by atoms with Crippen LogP contribution in [-0.2, 0) is 11.8 Å². The van der Waals surface area contributed by atoms with Gasteiger partial charge < -0.3 is 14.0 Å². The second kappa shape index (κ2) is 6.05. The van der Waals surface area contributed by atoms with Crippen LogP contribution in [0.25, 0.3) is 22.4 Å². The first-order chi connectivity index (χ1) is 13.2. The number of benzene rings is 2. The van der Waals surface area contributed by atoms with Crippen LogP contribution in [0.3, 0.4) is 0 Å². The lowest BCUT2D eigenvalue weighted by Crippen LogP contribution is -2.24. The SMILES string of the molecule is Cn1cnc2cc(-c3noc([C@H]4CC(=O)N(c5ccccc5)C4)n3)ccc21. The standard InChI is InChI=1S/C20H17N5O2/c1-24-12-21-16-9-13(7-8-17(16)24)19-22-20(27-23-19)14-10-18(26)25(11-14)15-5-3-2-4-6-15/h2-9,12,14H,10-11H2,1H3/t14-/m0/s1. The van der Waals surface area contributed by atoms with Gasteiger partial charge in [0.15, 0.2) is 0 Å². The highest BCUT2D eigenvalue weighted by atomic mass is 16.5. The zero-order chi connectivity index (χ0) is 18.4. The van der Waals surface area contributed by atoms with E-state index in [1.807, 2.05) is 60.1 Å². The zero-order valence-electron chi connectivity index (χ0n) is 14.7. The summed E-state index contributed by atoms with van der Waals surface area (Å²) in [5.41, 5.74) is 3.67. The molecule has 0 aliphatic carbocycles. The monoisotopic (exact) mass is 359 g/mol. The molecule has 2 aromatic heterocycles. The van der Waals surface area contributed by atoms with Crippen LogP contribution in [-0.4, -0.2) is 32.1 Å². The summed E-state index contributed by atoms with van der Waals surface area (Å²) in [6.07, 6.45) is 2.15. The molecule has 1 fully saturated rings. The Balaban J connectivity index is 1.41. The molecule has 7 nitrogen and oxygen atoms in total. The lowest BCUT2D eigenvalue weighted by atomic mass is 10.1. The van der Waals surface area contributed by atoms with Crippen molar-refractivity contribution in [3.8, 4) is 11.4 Å². The van der Waals surface area contributed by atoms with Gasteiger partial charge in [0.05, 0.1) is 23.3 Å². The number of nitrogens with zero attached hydrogens (tertiary/aromatic N) is 5. The van der Waals surface area contributed by atoms with Gasteiger partial charge in [-0.25, -0.2) is 4.98 Å². The highest BCUT2D eigenvalue weighted by Crippen LogP contribution is 2.32. The largest absolute Gasteiger partial charge is 0.339 e. The molecule has 0 bridgehead atoms. The number of amides is 1. The summed E-state index contributed by atoms with van der Waals surface area (Å²) in [5, 5.41) is 4.12. The molecule has 0 spiro atoms. The van der Waals surface area contributed by atoms with Crippen molar-refractivity contribution in [1.82, 2.24) is 19.7 Å². The molecule has 0 N–H and O–H groups in total. The van der Waals surface area contributed by atoms with Crippen LogP contribution < -0.4 is 4.90 Å². The van der Waals surface area contributed by atoms with E-state index < -0.39 is 0 Å². The maximum Gasteiger partial charge on any atom is 0.232 e. The van der Waals surface area contributed by atoms with E-state index in [0.29, 0.717) is 24.7 Å².